The molecule has 0 atom stereocenters. The SMILES string of the molecule is Fc1cncc(F)c1CN1CCC(Nc2cc(C(F)(F)F)ncn2)CC1. The molecule has 0 saturated carbocycles. The zero-order valence-electron chi connectivity index (χ0n) is 13.6. The summed E-state index contributed by atoms with van der Waals surface area (Å²) in [6.07, 6.45) is -0.490. The summed E-state index contributed by atoms with van der Waals surface area (Å²) in [6.45, 7) is 1.23. The summed E-state index contributed by atoms with van der Waals surface area (Å²) < 4.78 is 65.4. The molecule has 0 aliphatic carbocycles. The molecular weight excluding hydrogens is 357 g/mol. The minimum atomic E-state index is -4.53. The molecule has 0 bridgehead atoms. The number of alkyl halides is 3. The molecule has 2 aromatic rings. The van der Waals surface area contributed by atoms with Gasteiger partial charge in [-0.2, -0.15) is 13.2 Å². The number of hydrogen-bond acceptors (Lipinski definition) is 5. The van der Waals surface area contributed by atoms with E-state index in [1.54, 1.807) is 0 Å². The Hall–Kier alpha value is -2.36. The Morgan fingerprint density at radius 3 is 2.35 bits per heavy atom. The highest BCUT2D eigenvalue weighted by molar-refractivity contribution is 5.36. The van der Waals surface area contributed by atoms with Gasteiger partial charge in [-0.1, -0.05) is 0 Å². The molecule has 1 N–H and O–H groups in total. The van der Waals surface area contributed by atoms with Crippen LogP contribution in [0.2, 0.25) is 0 Å². The Morgan fingerprint density at radius 1 is 1.08 bits per heavy atom. The lowest BCUT2D eigenvalue weighted by atomic mass is 10.0. The number of nitrogens with one attached hydrogen (secondary N) is 1. The second kappa shape index (κ2) is 7.48. The number of piperidine rings is 1. The van der Waals surface area contributed by atoms with Crippen molar-refractivity contribution >= 4 is 5.82 Å². The number of likely N-dealkylation sites (tertiary alicyclic amines) is 1. The van der Waals surface area contributed by atoms with E-state index in [0.29, 0.717) is 25.9 Å². The molecule has 0 amide bonds. The van der Waals surface area contributed by atoms with Crippen molar-refractivity contribution in [2.75, 3.05) is 18.4 Å². The highest BCUT2D eigenvalue weighted by Crippen LogP contribution is 2.28. The fourth-order valence-electron chi connectivity index (χ4n) is 2.85. The molecule has 3 heterocycles. The van der Waals surface area contributed by atoms with Gasteiger partial charge in [0.25, 0.3) is 0 Å². The van der Waals surface area contributed by atoms with Gasteiger partial charge in [-0.05, 0) is 12.8 Å². The monoisotopic (exact) mass is 373 g/mol. The average molecular weight is 373 g/mol. The minimum Gasteiger partial charge on any atom is -0.367 e. The summed E-state index contributed by atoms with van der Waals surface area (Å²) in [5.41, 5.74) is -1.03. The van der Waals surface area contributed by atoms with Gasteiger partial charge in [0, 0.05) is 37.3 Å². The Labute approximate surface area is 146 Å². The Balaban J connectivity index is 1.56. The molecule has 3 rings (SSSR count). The van der Waals surface area contributed by atoms with E-state index in [4.69, 9.17) is 0 Å². The summed E-state index contributed by atoms with van der Waals surface area (Å²) in [6, 6.07) is 0.794. The van der Waals surface area contributed by atoms with Crippen molar-refractivity contribution in [3.8, 4) is 0 Å². The normalized spacial score (nSPS) is 16.7. The third kappa shape index (κ3) is 4.43. The topological polar surface area (TPSA) is 53.9 Å². The molecule has 1 aliphatic heterocycles. The van der Waals surface area contributed by atoms with Gasteiger partial charge in [0.1, 0.15) is 29.5 Å². The number of hydrogen-bond donors (Lipinski definition) is 1. The fraction of sp³-hybridized carbons (Fsp3) is 0.438. The van der Waals surface area contributed by atoms with Crippen LogP contribution in [-0.4, -0.2) is 39.0 Å². The molecule has 5 nitrogen and oxygen atoms in total. The van der Waals surface area contributed by atoms with E-state index in [0.717, 1.165) is 24.8 Å². The summed E-state index contributed by atoms with van der Waals surface area (Å²) in [5.74, 6) is -1.27. The van der Waals surface area contributed by atoms with E-state index in [9.17, 15) is 22.0 Å². The highest BCUT2D eigenvalue weighted by atomic mass is 19.4. The summed E-state index contributed by atoms with van der Waals surface area (Å²) >= 11 is 0. The van der Waals surface area contributed by atoms with Crippen LogP contribution in [-0.2, 0) is 12.7 Å². The quantitative estimate of drug-likeness (QED) is 0.834. The van der Waals surface area contributed by atoms with Crippen LogP contribution in [0.4, 0.5) is 27.8 Å². The van der Waals surface area contributed by atoms with Crippen molar-refractivity contribution in [2.24, 2.45) is 0 Å². The van der Waals surface area contributed by atoms with Crippen LogP contribution >= 0.6 is 0 Å². The van der Waals surface area contributed by atoms with Gasteiger partial charge in [-0.25, -0.2) is 18.7 Å². The molecule has 0 radical (unpaired) electrons. The van der Waals surface area contributed by atoms with Gasteiger partial charge in [-0.3, -0.25) is 9.88 Å². The number of rotatable bonds is 4. The van der Waals surface area contributed by atoms with Gasteiger partial charge < -0.3 is 5.32 Å². The molecule has 0 unspecified atom stereocenters. The maximum Gasteiger partial charge on any atom is 0.433 e. The number of halogens is 5. The van der Waals surface area contributed by atoms with Gasteiger partial charge in [0.05, 0.1) is 12.4 Å². The zero-order valence-corrected chi connectivity index (χ0v) is 13.6. The molecule has 10 heteroatoms. The lowest BCUT2D eigenvalue weighted by Gasteiger charge is -2.32. The van der Waals surface area contributed by atoms with E-state index in [2.05, 4.69) is 20.3 Å². The van der Waals surface area contributed by atoms with Gasteiger partial charge >= 0.3 is 6.18 Å². The van der Waals surface area contributed by atoms with Crippen LogP contribution in [0.3, 0.4) is 0 Å². The van der Waals surface area contributed by atoms with E-state index in [-0.39, 0.29) is 24.0 Å². The first-order valence-corrected chi connectivity index (χ1v) is 7.99. The maximum absolute atomic E-state index is 13.7. The molecule has 0 aromatic carbocycles. The van der Waals surface area contributed by atoms with Crippen molar-refractivity contribution in [1.29, 1.82) is 0 Å². The van der Waals surface area contributed by atoms with E-state index >= 15 is 0 Å². The minimum absolute atomic E-state index is 0.0305. The zero-order chi connectivity index (χ0) is 18.7. The van der Waals surface area contributed by atoms with Crippen LogP contribution < -0.4 is 5.32 Å². The average Bonchev–Trinajstić information content (AvgIpc) is 2.59. The molecule has 2 aromatic heterocycles. The summed E-state index contributed by atoms with van der Waals surface area (Å²) in [7, 11) is 0. The van der Waals surface area contributed by atoms with Crippen LogP contribution in [0.5, 0.6) is 0 Å². The van der Waals surface area contributed by atoms with Crippen molar-refractivity contribution in [1.82, 2.24) is 19.9 Å². The second-order valence-corrected chi connectivity index (χ2v) is 6.06. The van der Waals surface area contributed by atoms with Crippen LogP contribution in [0.25, 0.3) is 0 Å². The third-order valence-electron chi connectivity index (χ3n) is 4.23. The Bertz CT molecular complexity index is 739. The predicted octanol–water partition coefficient (Wildman–Crippen LogP) is 3.25. The number of nitrogens with zero attached hydrogens (tertiary/aromatic N) is 4. The third-order valence-corrected chi connectivity index (χ3v) is 4.23. The van der Waals surface area contributed by atoms with E-state index in [1.807, 2.05) is 4.90 Å². The van der Waals surface area contributed by atoms with Gasteiger partial charge in [-0.15, -0.1) is 0 Å². The van der Waals surface area contributed by atoms with Crippen molar-refractivity contribution in [3.63, 3.8) is 0 Å². The number of aromatic nitrogens is 3. The van der Waals surface area contributed by atoms with Gasteiger partial charge in [0.15, 0.2) is 0 Å². The van der Waals surface area contributed by atoms with Crippen LogP contribution in [0, 0.1) is 11.6 Å². The van der Waals surface area contributed by atoms with Crippen molar-refractivity contribution in [3.05, 3.63) is 47.7 Å². The fourth-order valence-corrected chi connectivity index (χ4v) is 2.85. The standard InChI is InChI=1S/C16H16F5N5/c17-12-6-22-7-13(18)11(12)8-26-3-1-10(2-4-26)25-15-5-14(16(19,20)21)23-9-24-15/h5-7,9-10H,1-4,8H2,(H,23,24,25). The molecular formula is C16H16F5N5. The number of anilines is 1. The Morgan fingerprint density at radius 2 is 1.73 bits per heavy atom. The molecule has 0 spiro atoms. The largest absolute Gasteiger partial charge is 0.433 e. The smallest absolute Gasteiger partial charge is 0.367 e. The molecule has 1 saturated heterocycles. The first-order chi connectivity index (χ1) is 12.3. The first-order valence-electron chi connectivity index (χ1n) is 7.99. The maximum atomic E-state index is 13.7. The van der Waals surface area contributed by atoms with E-state index in [1.165, 1.54) is 0 Å². The van der Waals surface area contributed by atoms with Crippen molar-refractivity contribution < 1.29 is 22.0 Å². The number of pyridine rings is 1. The lowest BCUT2D eigenvalue weighted by molar-refractivity contribution is -0.141. The highest BCUT2D eigenvalue weighted by Gasteiger charge is 2.33. The van der Waals surface area contributed by atoms with E-state index < -0.39 is 23.5 Å². The molecule has 1 aliphatic rings. The second-order valence-electron chi connectivity index (χ2n) is 6.06. The Kier molecular flexibility index (Phi) is 5.30. The summed E-state index contributed by atoms with van der Waals surface area (Å²) in [4.78, 5) is 12.4. The first kappa shape index (κ1) is 18.4. The predicted molar refractivity (Wildman–Crippen MR) is 83.1 cm³/mol. The molecule has 26 heavy (non-hydrogen) atoms. The van der Waals surface area contributed by atoms with Crippen molar-refractivity contribution in [2.45, 2.75) is 31.6 Å². The molecule has 140 valence electrons. The van der Waals surface area contributed by atoms with Crippen LogP contribution in [0.15, 0.2) is 24.8 Å². The lowest BCUT2D eigenvalue weighted by Crippen LogP contribution is -2.39. The van der Waals surface area contributed by atoms with Gasteiger partial charge in [0.2, 0.25) is 0 Å². The van der Waals surface area contributed by atoms with Crippen LogP contribution in [0.1, 0.15) is 24.1 Å². The molecule has 1 fully saturated rings. The summed E-state index contributed by atoms with van der Waals surface area (Å²) in [5, 5.41) is 2.96.